The first-order valence-electron chi connectivity index (χ1n) is 4.59. The molecule has 2 rings (SSSR count). The Bertz CT molecular complexity index is 297. The second kappa shape index (κ2) is 3.54. The number of aromatic nitrogens is 1. The van der Waals surface area contributed by atoms with Gasteiger partial charge in [0.1, 0.15) is 11.0 Å². The van der Waals surface area contributed by atoms with Crippen LogP contribution in [0.15, 0.2) is 18.2 Å². The molecule has 1 aliphatic rings. The van der Waals surface area contributed by atoms with Crippen molar-refractivity contribution in [3.63, 3.8) is 0 Å². The molecule has 1 aromatic rings. The number of rotatable bonds is 3. The summed E-state index contributed by atoms with van der Waals surface area (Å²) in [5.74, 6) is 1.85. The molecular formula is C10H13ClN2. The van der Waals surface area contributed by atoms with Crippen LogP contribution >= 0.6 is 11.6 Å². The molecule has 0 amide bonds. The summed E-state index contributed by atoms with van der Waals surface area (Å²) >= 11 is 5.80. The zero-order valence-corrected chi connectivity index (χ0v) is 8.46. The predicted octanol–water partition coefficient (Wildman–Crippen LogP) is 2.58. The lowest BCUT2D eigenvalue weighted by Gasteiger charge is -2.17. The van der Waals surface area contributed by atoms with E-state index in [0.717, 1.165) is 18.3 Å². The van der Waals surface area contributed by atoms with Crippen molar-refractivity contribution in [1.82, 2.24) is 4.98 Å². The molecule has 2 nitrogen and oxygen atoms in total. The van der Waals surface area contributed by atoms with Crippen LogP contribution in [0.5, 0.6) is 0 Å². The molecule has 70 valence electrons. The lowest BCUT2D eigenvalue weighted by molar-refractivity contribution is 0.777. The Morgan fingerprint density at radius 2 is 2.31 bits per heavy atom. The average Bonchev–Trinajstić information content (AvgIpc) is 2.88. The van der Waals surface area contributed by atoms with Gasteiger partial charge in [-0.3, -0.25) is 0 Å². The van der Waals surface area contributed by atoms with E-state index in [0.29, 0.717) is 5.15 Å². The van der Waals surface area contributed by atoms with Crippen LogP contribution in [0.2, 0.25) is 5.15 Å². The number of halogens is 1. The van der Waals surface area contributed by atoms with Crippen molar-refractivity contribution >= 4 is 17.4 Å². The molecule has 3 heteroatoms. The van der Waals surface area contributed by atoms with Gasteiger partial charge < -0.3 is 4.90 Å². The first-order valence-corrected chi connectivity index (χ1v) is 4.97. The van der Waals surface area contributed by atoms with Crippen LogP contribution in [-0.2, 0) is 0 Å². The van der Waals surface area contributed by atoms with Crippen molar-refractivity contribution < 1.29 is 0 Å². The van der Waals surface area contributed by atoms with Crippen LogP contribution in [0.3, 0.4) is 0 Å². The first-order chi connectivity index (χ1) is 6.25. The van der Waals surface area contributed by atoms with Crippen LogP contribution in [0.1, 0.15) is 12.8 Å². The molecular weight excluding hydrogens is 184 g/mol. The molecule has 0 saturated heterocycles. The molecule has 1 aromatic heterocycles. The Morgan fingerprint density at radius 3 is 2.92 bits per heavy atom. The van der Waals surface area contributed by atoms with Gasteiger partial charge in [0.2, 0.25) is 0 Å². The highest BCUT2D eigenvalue weighted by Crippen LogP contribution is 2.30. The van der Waals surface area contributed by atoms with E-state index >= 15 is 0 Å². The highest BCUT2D eigenvalue weighted by Gasteiger charge is 2.23. The Balaban J connectivity index is 2.04. The van der Waals surface area contributed by atoms with Gasteiger partial charge in [-0.25, -0.2) is 4.98 Å². The third kappa shape index (κ3) is 2.34. The van der Waals surface area contributed by atoms with Crippen LogP contribution in [0.25, 0.3) is 0 Å². The molecule has 0 N–H and O–H groups in total. The van der Waals surface area contributed by atoms with E-state index in [4.69, 9.17) is 11.6 Å². The van der Waals surface area contributed by atoms with Gasteiger partial charge in [-0.05, 0) is 30.9 Å². The molecule has 13 heavy (non-hydrogen) atoms. The van der Waals surface area contributed by atoms with E-state index in [1.165, 1.54) is 12.8 Å². The molecule has 1 fully saturated rings. The zero-order chi connectivity index (χ0) is 9.26. The molecule has 0 atom stereocenters. The lowest BCUT2D eigenvalue weighted by atomic mass is 10.3. The topological polar surface area (TPSA) is 16.1 Å². The van der Waals surface area contributed by atoms with Gasteiger partial charge in [0.05, 0.1) is 0 Å². The standard InChI is InChI=1S/C10H13ClN2/c1-13(7-8-5-6-8)10-4-2-3-9(11)12-10/h2-4,8H,5-7H2,1H3. The van der Waals surface area contributed by atoms with Gasteiger partial charge >= 0.3 is 0 Å². The van der Waals surface area contributed by atoms with E-state index < -0.39 is 0 Å². The Kier molecular flexibility index (Phi) is 2.40. The summed E-state index contributed by atoms with van der Waals surface area (Å²) < 4.78 is 0. The largest absolute Gasteiger partial charge is 0.359 e. The molecule has 0 bridgehead atoms. The summed E-state index contributed by atoms with van der Waals surface area (Å²) in [7, 11) is 2.07. The van der Waals surface area contributed by atoms with E-state index in [1.54, 1.807) is 6.07 Å². The van der Waals surface area contributed by atoms with Crippen molar-refractivity contribution in [2.45, 2.75) is 12.8 Å². The summed E-state index contributed by atoms with van der Waals surface area (Å²) in [6.07, 6.45) is 2.73. The molecule has 1 saturated carbocycles. The third-order valence-electron chi connectivity index (χ3n) is 2.32. The van der Waals surface area contributed by atoms with Gasteiger partial charge in [0.15, 0.2) is 0 Å². The van der Waals surface area contributed by atoms with E-state index in [-0.39, 0.29) is 0 Å². The lowest BCUT2D eigenvalue weighted by Crippen LogP contribution is -2.20. The molecule has 0 unspecified atom stereocenters. The van der Waals surface area contributed by atoms with Gasteiger partial charge in [0.25, 0.3) is 0 Å². The summed E-state index contributed by atoms with van der Waals surface area (Å²) in [6.45, 7) is 1.10. The molecule has 0 aliphatic heterocycles. The second-order valence-electron chi connectivity index (χ2n) is 3.64. The summed E-state index contributed by atoms with van der Waals surface area (Å²) in [4.78, 5) is 6.42. The van der Waals surface area contributed by atoms with E-state index in [9.17, 15) is 0 Å². The molecule has 0 aromatic carbocycles. The van der Waals surface area contributed by atoms with E-state index in [2.05, 4.69) is 16.9 Å². The second-order valence-corrected chi connectivity index (χ2v) is 4.03. The maximum Gasteiger partial charge on any atom is 0.131 e. The Hall–Kier alpha value is -0.760. The zero-order valence-electron chi connectivity index (χ0n) is 7.70. The fourth-order valence-electron chi connectivity index (χ4n) is 1.39. The monoisotopic (exact) mass is 196 g/mol. The van der Waals surface area contributed by atoms with Gasteiger partial charge in [-0.15, -0.1) is 0 Å². The van der Waals surface area contributed by atoms with Crippen molar-refractivity contribution in [1.29, 1.82) is 0 Å². The van der Waals surface area contributed by atoms with Crippen molar-refractivity contribution in [3.8, 4) is 0 Å². The van der Waals surface area contributed by atoms with Gasteiger partial charge in [-0.2, -0.15) is 0 Å². The van der Waals surface area contributed by atoms with Gasteiger partial charge in [0, 0.05) is 13.6 Å². The average molecular weight is 197 g/mol. The quantitative estimate of drug-likeness (QED) is 0.691. The normalized spacial score (nSPS) is 15.8. The maximum atomic E-state index is 5.80. The number of hydrogen-bond donors (Lipinski definition) is 0. The highest BCUT2D eigenvalue weighted by molar-refractivity contribution is 6.29. The minimum absolute atomic E-state index is 0.570. The predicted molar refractivity (Wildman–Crippen MR) is 55.2 cm³/mol. The Labute approximate surface area is 83.5 Å². The molecule has 1 aliphatic carbocycles. The smallest absolute Gasteiger partial charge is 0.131 e. The molecule has 0 radical (unpaired) electrons. The SMILES string of the molecule is CN(CC1CC1)c1cccc(Cl)n1. The molecule has 1 heterocycles. The van der Waals surface area contributed by atoms with Crippen LogP contribution in [-0.4, -0.2) is 18.6 Å². The first kappa shape index (κ1) is 8.82. The van der Waals surface area contributed by atoms with Crippen molar-refractivity contribution in [2.75, 3.05) is 18.5 Å². The number of anilines is 1. The van der Waals surface area contributed by atoms with Crippen LogP contribution in [0, 0.1) is 5.92 Å². The summed E-state index contributed by atoms with van der Waals surface area (Å²) in [5, 5.41) is 0.570. The van der Waals surface area contributed by atoms with E-state index in [1.807, 2.05) is 12.1 Å². The van der Waals surface area contributed by atoms with Crippen LogP contribution in [0.4, 0.5) is 5.82 Å². The van der Waals surface area contributed by atoms with Crippen LogP contribution < -0.4 is 4.90 Å². The van der Waals surface area contributed by atoms with Crippen molar-refractivity contribution in [3.05, 3.63) is 23.4 Å². The fraction of sp³-hybridized carbons (Fsp3) is 0.500. The summed E-state index contributed by atoms with van der Waals surface area (Å²) in [5.41, 5.74) is 0. The summed E-state index contributed by atoms with van der Waals surface area (Å²) in [6, 6.07) is 5.73. The highest BCUT2D eigenvalue weighted by atomic mass is 35.5. The maximum absolute atomic E-state index is 5.80. The Morgan fingerprint density at radius 1 is 1.54 bits per heavy atom. The number of pyridine rings is 1. The van der Waals surface area contributed by atoms with Gasteiger partial charge in [-0.1, -0.05) is 17.7 Å². The fourth-order valence-corrected chi connectivity index (χ4v) is 1.55. The number of nitrogens with zero attached hydrogens (tertiary/aromatic N) is 2. The minimum Gasteiger partial charge on any atom is -0.359 e. The minimum atomic E-state index is 0.570. The molecule has 0 spiro atoms. The third-order valence-corrected chi connectivity index (χ3v) is 2.53. The van der Waals surface area contributed by atoms with Crippen molar-refractivity contribution in [2.24, 2.45) is 5.92 Å². The number of hydrogen-bond acceptors (Lipinski definition) is 2.